The van der Waals surface area contributed by atoms with Gasteiger partial charge in [0, 0.05) is 31.9 Å². The highest BCUT2D eigenvalue weighted by molar-refractivity contribution is 7.99. The highest BCUT2D eigenvalue weighted by Crippen LogP contribution is 2.26. The van der Waals surface area contributed by atoms with Gasteiger partial charge in [-0.25, -0.2) is 9.97 Å². The molecule has 8 nitrogen and oxygen atoms in total. The monoisotopic (exact) mass is 440 g/mol. The van der Waals surface area contributed by atoms with Crippen LogP contribution in [-0.4, -0.2) is 62.9 Å². The van der Waals surface area contributed by atoms with Crippen LogP contribution in [-0.2, 0) is 6.54 Å². The van der Waals surface area contributed by atoms with Gasteiger partial charge in [0.25, 0.3) is 0 Å². The van der Waals surface area contributed by atoms with Gasteiger partial charge in [0.2, 0.25) is 0 Å². The largest absolute Gasteiger partial charge is 0.352 e. The van der Waals surface area contributed by atoms with Gasteiger partial charge in [0.1, 0.15) is 5.52 Å². The lowest BCUT2D eigenvalue weighted by molar-refractivity contribution is 0.270. The Morgan fingerprint density at radius 2 is 1.77 bits per heavy atom. The summed E-state index contributed by atoms with van der Waals surface area (Å²) in [6.45, 7) is 9.09. The Bertz CT molecular complexity index is 1150. The van der Waals surface area contributed by atoms with Crippen molar-refractivity contribution in [3.05, 3.63) is 56.6 Å². The second kappa shape index (κ2) is 9.65. The SMILES string of the molecule is CCCSc1nc(N2CCN(CC)CC2)c2[nH]c(=O)c(=O)n(Cc3ccccc3)c2n1. The van der Waals surface area contributed by atoms with Gasteiger partial charge in [-0.15, -0.1) is 0 Å². The van der Waals surface area contributed by atoms with Gasteiger partial charge in [-0.1, -0.05) is 55.9 Å². The molecule has 1 N–H and O–H groups in total. The van der Waals surface area contributed by atoms with Crippen molar-refractivity contribution in [3.8, 4) is 0 Å². The number of likely N-dealkylation sites (N-methyl/N-ethyl adjacent to an activating group) is 1. The van der Waals surface area contributed by atoms with Gasteiger partial charge < -0.3 is 14.8 Å². The highest BCUT2D eigenvalue weighted by atomic mass is 32.2. The van der Waals surface area contributed by atoms with Crippen LogP contribution in [0, 0.1) is 0 Å². The Hall–Kier alpha value is -2.65. The third-order valence-corrected chi connectivity index (χ3v) is 6.57. The molecule has 0 saturated carbocycles. The molecule has 1 fully saturated rings. The van der Waals surface area contributed by atoms with E-state index in [2.05, 4.69) is 28.6 Å². The number of piperazine rings is 1. The molecule has 3 heterocycles. The fraction of sp³-hybridized carbons (Fsp3) is 0.455. The predicted octanol–water partition coefficient (Wildman–Crippen LogP) is 2.17. The molecule has 3 aromatic rings. The van der Waals surface area contributed by atoms with Gasteiger partial charge in [0.15, 0.2) is 16.6 Å². The number of anilines is 1. The molecule has 2 aromatic heterocycles. The lowest BCUT2D eigenvalue weighted by Gasteiger charge is -2.35. The van der Waals surface area contributed by atoms with Gasteiger partial charge >= 0.3 is 11.1 Å². The van der Waals surface area contributed by atoms with E-state index in [0.717, 1.165) is 50.5 Å². The first-order valence-corrected chi connectivity index (χ1v) is 11.8. The minimum absolute atomic E-state index is 0.290. The van der Waals surface area contributed by atoms with E-state index in [4.69, 9.17) is 9.97 Å². The summed E-state index contributed by atoms with van der Waals surface area (Å²) >= 11 is 1.58. The van der Waals surface area contributed by atoms with E-state index in [1.807, 2.05) is 30.3 Å². The molecule has 31 heavy (non-hydrogen) atoms. The van der Waals surface area contributed by atoms with Crippen molar-refractivity contribution in [1.82, 2.24) is 24.4 Å². The molecule has 0 spiro atoms. The summed E-state index contributed by atoms with van der Waals surface area (Å²) in [6, 6.07) is 9.66. The van der Waals surface area contributed by atoms with Gasteiger partial charge in [0.05, 0.1) is 6.54 Å². The van der Waals surface area contributed by atoms with Crippen molar-refractivity contribution in [2.24, 2.45) is 0 Å². The van der Waals surface area contributed by atoms with Crippen molar-refractivity contribution in [3.63, 3.8) is 0 Å². The molecule has 164 valence electrons. The van der Waals surface area contributed by atoms with E-state index >= 15 is 0 Å². The average molecular weight is 441 g/mol. The Morgan fingerprint density at radius 1 is 1.03 bits per heavy atom. The Balaban J connectivity index is 1.86. The first-order valence-electron chi connectivity index (χ1n) is 10.8. The number of aromatic nitrogens is 4. The van der Waals surface area contributed by atoms with Crippen molar-refractivity contribution in [1.29, 1.82) is 0 Å². The zero-order valence-corrected chi connectivity index (χ0v) is 18.8. The van der Waals surface area contributed by atoms with Crippen LogP contribution in [0.2, 0.25) is 0 Å². The molecular weight excluding hydrogens is 412 g/mol. The second-order valence-electron chi connectivity index (χ2n) is 7.63. The number of fused-ring (bicyclic) bond motifs is 1. The summed E-state index contributed by atoms with van der Waals surface area (Å²) in [7, 11) is 0. The maximum absolute atomic E-state index is 12.8. The summed E-state index contributed by atoms with van der Waals surface area (Å²) in [6.07, 6.45) is 0.999. The molecular formula is C22H28N6O2S. The van der Waals surface area contributed by atoms with Gasteiger partial charge in [-0.05, 0) is 18.5 Å². The Kier molecular flexibility index (Phi) is 6.72. The van der Waals surface area contributed by atoms with Crippen LogP contribution in [0.1, 0.15) is 25.8 Å². The normalized spacial score (nSPS) is 15.0. The lowest BCUT2D eigenvalue weighted by Crippen LogP contribution is -2.47. The number of thioether (sulfide) groups is 1. The number of nitrogens with zero attached hydrogens (tertiary/aromatic N) is 5. The van der Waals surface area contributed by atoms with Gasteiger partial charge in [-0.2, -0.15) is 0 Å². The van der Waals surface area contributed by atoms with Crippen LogP contribution in [0.3, 0.4) is 0 Å². The summed E-state index contributed by atoms with van der Waals surface area (Å²) in [5.74, 6) is 1.60. The van der Waals surface area contributed by atoms with E-state index in [1.54, 1.807) is 11.8 Å². The average Bonchev–Trinajstić information content (AvgIpc) is 2.81. The molecule has 0 bridgehead atoms. The number of hydrogen-bond acceptors (Lipinski definition) is 7. The standard InChI is InChI=1S/C22H28N6O2S/c1-3-14-31-22-24-18(27-12-10-26(4-2)11-13-27)17-19(25-22)28(21(30)20(29)23-17)15-16-8-6-5-7-9-16/h5-9H,3-4,10-15H2,1-2H3,(H,23,29). The zero-order chi connectivity index (χ0) is 21.8. The molecule has 0 radical (unpaired) electrons. The Labute approximate surface area is 185 Å². The minimum atomic E-state index is -0.644. The number of H-pyrrole nitrogens is 1. The molecule has 9 heteroatoms. The molecule has 1 saturated heterocycles. The fourth-order valence-corrected chi connectivity index (χ4v) is 4.47. The third-order valence-electron chi connectivity index (χ3n) is 5.52. The molecule has 1 aliphatic rings. The summed E-state index contributed by atoms with van der Waals surface area (Å²) < 4.78 is 1.48. The van der Waals surface area contributed by atoms with Crippen LogP contribution >= 0.6 is 11.8 Å². The van der Waals surface area contributed by atoms with E-state index in [1.165, 1.54) is 4.57 Å². The fourth-order valence-electron chi connectivity index (χ4n) is 3.79. The van der Waals surface area contributed by atoms with Gasteiger partial charge in [-0.3, -0.25) is 14.2 Å². The number of nitrogens with one attached hydrogen (secondary N) is 1. The van der Waals surface area contributed by atoms with E-state index < -0.39 is 11.1 Å². The molecule has 0 atom stereocenters. The number of benzene rings is 1. The number of aromatic amines is 1. The van der Waals surface area contributed by atoms with E-state index in [0.29, 0.717) is 22.1 Å². The molecule has 4 rings (SSSR count). The van der Waals surface area contributed by atoms with Crippen molar-refractivity contribution in [2.45, 2.75) is 32.0 Å². The van der Waals surface area contributed by atoms with Crippen LogP contribution in [0.15, 0.2) is 45.1 Å². The molecule has 0 amide bonds. The predicted molar refractivity (Wildman–Crippen MR) is 125 cm³/mol. The van der Waals surface area contributed by atoms with E-state index in [9.17, 15) is 9.59 Å². The molecule has 1 aromatic carbocycles. The van der Waals surface area contributed by atoms with Crippen LogP contribution in [0.25, 0.3) is 11.2 Å². The minimum Gasteiger partial charge on any atom is -0.352 e. The topological polar surface area (TPSA) is 87.1 Å². The molecule has 0 unspecified atom stereocenters. The molecule has 1 aliphatic heterocycles. The summed E-state index contributed by atoms with van der Waals surface area (Å²) in [5, 5.41) is 0.635. The quantitative estimate of drug-likeness (QED) is 0.342. The number of hydrogen-bond donors (Lipinski definition) is 1. The van der Waals surface area contributed by atoms with Crippen molar-refractivity contribution < 1.29 is 0 Å². The lowest BCUT2D eigenvalue weighted by atomic mass is 10.2. The van der Waals surface area contributed by atoms with Crippen molar-refractivity contribution >= 4 is 28.7 Å². The van der Waals surface area contributed by atoms with Crippen LogP contribution in [0.4, 0.5) is 5.82 Å². The summed E-state index contributed by atoms with van der Waals surface area (Å²) in [4.78, 5) is 42.2. The van der Waals surface area contributed by atoms with Crippen LogP contribution < -0.4 is 16.0 Å². The summed E-state index contributed by atoms with van der Waals surface area (Å²) in [5.41, 5.74) is 0.718. The maximum atomic E-state index is 12.8. The smallest absolute Gasteiger partial charge is 0.318 e. The maximum Gasteiger partial charge on any atom is 0.318 e. The zero-order valence-electron chi connectivity index (χ0n) is 18.0. The number of rotatable bonds is 7. The molecule has 0 aliphatic carbocycles. The first kappa shape index (κ1) is 21.6. The Morgan fingerprint density at radius 3 is 2.45 bits per heavy atom. The second-order valence-corrected chi connectivity index (χ2v) is 8.69. The van der Waals surface area contributed by atoms with Crippen molar-refractivity contribution in [2.75, 3.05) is 43.4 Å². The van der Waals surface area contributed by atoms with E-state index in [-0.39, 0.29) is 6.54 Å². The first-order chi connectivity index (χ1) is 15.1. The highest BCUT2D eigenvalue weighted by Gasteiger charge is 2.23. The third kappa shape index (κ3) is 4.67. The van der Waals surface area contributed by atoms with Crippen LogP contribution in [0.5, 0.6) is 0 Å².